The molecular weight excluding hydrogens is 240 g/mol. The Labute approximate surface area is 120 Å². The van der Waals surface area contributed by atoms with Gasteiger partial charge in [0.2, 0.25) is 0 Å². The second-order valence-electron chi connectivity index (χ2n) is 6.20. The Balaban J connectivity index is 0.000000106. The largest absolute Gasteiger partial charge is 0.0879 e. The van der Waals surface area contributed by atoms with E-state index in [4.69, 9.17) is 0 Å². The van der Waals surface area contributed by atoms with Gasteiger partial charge in [0.05, 0.1) is 0 Å². The van der Waals surface area contributed by atoms with Crippen LogP contribution in [0.5, 0.6) is 0 Å². The van der Waals surface area contributed by atoms with E-state index in [2.05, 4.69) is 72.8 Å². The molecule has 3 aliphatic carbocycles. The number of hydrogen-bond donors (Lipinski definition) is 0. The summed E-state index contributed by atoms with van der Waals surface area (Å²) in [6.45, 7) is 0. The van der Waals surface area contributed by atoms with E-state index in [1.807, 2.05) is 0 Å². The summed E-state index contributed by atoms with van der Waals surface area (Å²) in [5.41, 5.74) is 0. The predicted molar refractivity (Wildman–Crippen MR) is 85.4 cm³/mol. The van der Waals surface area contributed by atoms with E-state index >= 15 is 0 Å². The average Bonchev–Trinajstić information content (AvgIpc) is 3.22. The normalized spacial score (nSPS) is 32.2. The molecule has 1 saturated carbocycles. The lowest BCUT2D eigenvalue weighted by molar-refractivity contribution is 0.398. The molecular formula is C20H20. The van der Waals surface area contributed by atoms with E-state index in [-0.39, 0.29) is 0 Å². The molecule has 0 heterocycles. The van der Waals surface area contributed by atoms with E-state index in [1.54, 1.807) is 0 Å². The minimum absolute atomic E-state index is 0.925. The van der Waals surface area contributed by atoms with Crippen molar-refractivity contribution in [3.63, 3.8) is 0 Å². The minimum atomic E-state index is 0.925. The van der Waals surface area contributed by atoms with Crippen molar-refractivity contribution in [2.45, 2.75) is 12.8 Å². The first kappa shape index (κ1) is 12.0. The maximum atomic E-state index is 2.44. The second kappa shape index (κ2) is 4.94. The van der Waals surface area contributed by atoms with Crippen molar-refractivity contribution >= 4 is 10.8 Å². The fourth-order valence-electron chi connectivity index (χ4n) is 4.11. The predicted octanol–water partition coefficient (Wildman–Crippen LogP) is 5.22. The Morgan fingerprint density at radius 3 is 1.90 bits per heavy atom. The summed E-state index contributed by atoms with van der Waals surface area (Å²) in [6, 6.07) is 16.7. The van der Waals surface area contributed by atoms with Crippen LogP contribution in [-0.2, 0) is 0 Å². The highest BCUT2D eigenvalue weighted by atomic mass is 14.5. The maximum absolute atomic E-state index is 2.44. The van der Waals surface area contributed by atoms with E-state index in [0.717, 1.165) is 23.7 Å². The van der Waals surface area contributed by atoms with Gasteiger partial charge in [-0.1, -0.05) is 72.8 Å². The van der Waals surface area contributed by atoms with Crippen LogP contribution in [0.4, 0.5) is 0 Å². The zero-order valence-electron chi connectivity index (χ0n) is 11.7. The molecule has 20 heavy (non-hydrogen) atoms. The van der Waals surface area contributed by atoms with Crippen molar-refractivity contribution in [3.8, 4) is 0 Å². The lowest BCUT2D eigenvalue weighted by Gasteiger charge is -2.18. The molecule has 0 N–H and O–H groups in total. The van der Waals surface area contributed by atoms with Gasteiger partial charge in [0.15, 0.2) is 0 Å². The molecule has 2 aromatic rings. The standard InChI is InChI=1S/C10H12.C10H8/c1-2-9-7-4-5-8(6-7)10(9)3-1;1-2-6-10-8-4-3-7-9(10)5-1/h1-2,4-5,7-10H,3,6H2;1-8H. The number of benzene rings is 2. The zero-order valence-corrected chi connectivity index (χ0v) is 11.7. The first-order valence-corrected chi connectivity index (χ1v) is 7.70. The lowest BCUT2D eigenvalue weighted by atomic mass is 9.86. The van der Waals surface area contributed by atoms with Crippen molar-refractivity contribution < 1.29 is 0 Å². The van der Waals surface area contributed by atoms with Gasteiger partial charge in [-0.3, -0.25) is 0 Å². The van der Waals surface area contributed by atoms with Crippen LogP contribution in [0, 0.1) is 23.7 Å². The van der Waals surface area contributed by atoms with Crippen LogP contribution < -0.4 is 0 Å². The van der Waals surface area contributed by atoms with Crippen LogP contribution in [0.15, 0.2) is 72.8 Å². The van der Waals surface area contributed by atoms with Crippen LogP contribution in [0.1, 0.15) is 12.8 Å². The number of fused-ring (bicyclic) bond motifs is 6. The average molecular weight is 260 g/mol. The van der Waals surface area contributed by atoms with Crippen molar-refractivity contribution in [2.75, 3.05) is 0 Å². The quantitative estimate of drug-likeness (QED) is 0.569. The maximum Gasteiger partial charge on any atom is -0.0133 e. The van der Waals surface area contributed by atoms with Crippen molar-refractivity contribution in [3.05, 3.63) is 72.8 Å². The molecule has 5 rings (SSSR count). The monoisotopic (exact) mass is 260 g/mol. The molecule has 0 aromatic heterocycles. The molecule has 3 aliphatic rings. The van der Waals surface area contributed by atoms with Gasteiger partial charge in [-0.25, -0.2) is 0 Å². The molecule has 0 amide bonds. The summed E-state index contributed by atoms with van der Waals surface area (Å²) in [7, 11) is 0. The van der Waals surface area contributed by atoms with E-state index in [0.29, 0.717) is 0 Å². The van der Waals surface area contributed by atoms with Crippen LogP contribution >= 0.6 is 0 Å². The number of allylic oxidation sites excluding steroid dienone is 4. The molecule has 0 saturated heterocycles. The van der Waals surface area contributed by atoms with Gasteiger partial charge >= 0.3 is 0 Å². The molecule has 0 spiro atoms. The summed E-state index contributed by atoms with van der Waals surface area (Å²) in [6.07, 6.45) is 12.5. The Morgan fingerprint density at radius 2 is 1.30 bits per heavy atom. The van der Waals surface area contributed by atoms with Gasteiger partial charge in [0.1, 0.15) is 0 Å². The van der Waals surface area contributed by atoms with Gasteiger partial charge in [-0.05, 0) is 47.3 Å². The van der Waals surface area contributed by atoms with E-state index in [1.165, 1.54) is 23.6 Å². The third kappa shape index (κ3) is 2.00. The van der Waals surface area contributed by atoms with E-state index < -0.39 is 0 Å². The summed E-state index contributed by atoms with van der Waals surface area (Å²) in [5.74, 6) is 3.82. The third-order valence-corrected chi connectivity index (χ3v) is 5.11. The number of hydrogen-bond acceptors (Lipinski definition) is 0. The van der Waals surface area contributed by atoms with Crippen molar-refractivity contribution in [1.82, 2.24) is 0 Å². The molecule has 4 atom stereocenters. The molecule has 2 aromatic carbocycles. The first-order chi connectivity index (χ1) is 9.92. The zero-order chi connectivity index (χ0) is 13.4. The molecule has 4 unspecified atom stereocenters. The molecule has 1 fully saturated rings. The van der Waals surface area contributed by atoms with Crippen molar-refractivity contribution in [1.29, 1.82) is 0 Å². The van der Waals surface area contributed by atoms with Crippen LogP contribution in [-0.4, -0.2) is 0 Å². The third-order valence-electron chi connectivity index (χ3n) is 5.11. The Kier molecular flexibility index (Phi) is 2.95. The lowest BCUT2D eigenvalue weighted by Crippen LogP contribution is -2.12. The van der Waals surface area contributed by atoms with Crippen LogP contribution in [0.25, 0.3) is 10.8 Å². The fraction of sp³-hybridized carbons (Fsp3) is 0.300. The molecule has 0 aliphatic heterocycles. The molecule has 2 bridgehead atoms. The van der Waals surface area contributed by atoms with Gasteiger partial charge in [0, 0.05) is 0 Å². The summed E-state index contributed by atoms with van der Waals surface area (Å²) in [4.78, 5) is 0. The molecule has 0 nitrogen and oxygen atoms in total. The van der Waals surface area contributed by atoms with Gasteiger partial charge in [-0.15, -0.1) is 0 Å². The summed E-state index contributed by atoms with van der Waals surface area (Å²) >= 11 is 0. The Morgan fingerprint density at radius 1 is 0.700 bits per heavy atom. The number of rotatable bonds is 0. The SMILES string of the molecule is C1=CC2C3C=CC(C3)C2C1.c1ccc2ccccc2c1. The van der Waals surface area contributed by atoms with Gasteiger partial charge < -0.3 is 0 Å². The van der Waals surface area contributed by atoms with E-state index in [9.17, 15) is 0 Å². The molecule has 0 radical (unpaired) electrons. The van der Waals surface area contributed by atoms with Crippen LogP contribution in [0.3, 0.4) is 0 Å². The fourth-order valence-corrected chi connectivity index (χ4v) is 4.11. The van der Waals surface area contributed by atoms with Crippen molar-refractivity contribution in [2.24, 2.45) is 23.7 Å². The minimum Gasteiger partial charge on any atom is -0.0879 e. The second-order valence-corrected chi connectivity index (χ2v) is 6.20. The smallest absolute Gasteiger partial charge is 0.0133 e. The Bertz CT molecular complexity index is 599. The first-order valence-electron chi connectivity index (χ1n) is 7.70. The molecule has 100 valence electrons. The Hall–Kier alpha value is -1.82. The highest BCUT2D eigenvalue weighted by Gasteiger charge is 2.44. The topological polar surface area (TPSA) is 0 Å². The highest BCUT2D eigenvalue weighted by molar-refractivity contribution is 5.81. The summed E-state index contributed by atoms with van der Waals surface area (Å²) < 4.78 is 0. The van der Waals surface area contributed by atoms with Gasteiger partial charge in [-0.2, -0.15) is 0 Å². The van der Waals surface area contributed by atoms with Gasteiger partial charge in [0.25, 0.3) is 0 Å². The highest BCUT2D eigenvalue weighted by Crippen LogP contribution is 2.52. The summed E-state index contributed by atoms with van der Waals surface area (Å²) in [5, 5.41) is 2.62. The van der Waals surface area contributed by atoms with Crippen LogP contribution in [0.2, 0.25) is 0 Å². The molecule has 0 heteroatoms.